The van der Waals surface area contributed by atoms with Crippen LogP contribution in [0.1, 0.15) is 11.1 Å². The normalized spacial score (nSPS) is 12.1. The highest BCUT2D eigenvalue weighted by molar-refractivity contribution is 6.06. The Morgan fingerprint density at radius 1 is 0.906 bits per heavy atom. The summed E-state index contributed by atoms with van der Waals surface area (Å²) >= 11 is 0. The maximum atomic E-state index is 14.9. The number of halogens is 3. The van der Waals surface area contributed by atoms with Crippen LogP contribution in [0.25, 0.3) is 0 Å². The van der Waals surface area contributed by atoms with E-state index in [9.17, 15) is 22.9 Å². The molecular formula is C24H21F3N2O3. The van der Waals surface area contributed by atoms with Crippen molar-refractivity contribution in [1.29, 1.82) is 0 Å². The molecule has 0 bridgehead atoms. The Balaban J connectivity index is 2.03. The molecule has 1 amide bonds. The van der Waals surface area contributed by atoms with Crippen molar-refractivity contribution in [2.75, 3.05) is 4.90 Å². The van der Waals surface area contributed by atoms with Crippen molar-refractivity contribution in [3.8, 4) is 0 Å². The molecule has 0 aromatic heterocycles. The number of para-hydroxylation sites is 2. The Bertz CT molecular complexity index is 1020. The smallest absolute Gasteiger partial charge is 0.296 e. The van der Waals surface area contributed by atoms with Gasteiger partial charge in [0.05, 0.1) is 0 Å². The second kappa shape index (κ2) is 10.1. The largest absolute Gasteiger partial charge is 0.419 e. The van der Waals surface area contributed by atoms with E-state index in [0.717, 1.165) is 10.5 Å². The molecule has 0 aliphatic rings. The molecule has 0 aliphatic heterocycles. The van der Waals surface area contributed by atoms with E-state index >= 15 is 0 Å². The van der Waals surface area contributed by atoms with Crippen molar-refractivity contribution < 1.29 is 27.8 Å². The fourth-order valence-corrected chi connectivity index (χ4v) is 3.25. The van der Waals surface area contributed by atoms with E-state index in [-0.39, 0.29) is 6.54 Å². The van der Waals surface area contributed by atoms with Crippen molar-refractivity contribution in [1.82, 2.24) is 5.32 Å². The van der Waals surface area contributed by atoms with Gasteiger partial charge in [-0.3, -0.25) is 15.0 Å². The summed E-state index contributed by atoms with van der Waals surface area (Å²) in [6, 6.07) is 20.8. The Kier molecular flexibility index (Phi) is 7.27. The third kappa shape index (κ3) is 4.97. The third-order valence-electron chi connectivity index (χ3n) is 4.96. The first-order valence-electron chi connectivity index (χ1n) is 9.79. The van der Waals surface area contributed by atoms with Gasteiger partial charge >= 0.3 is 11.9 Å². The molecule has 0 heterocycles. The van der Waals surface area contributed by atoms with Gasteiger partial charge in [-0.15, -0.1) is 0 Å². The molecule has 5 nitrogen and oxygen atoms in total. The standard InChI is InChI=1S/C24H21F3N2O3/c1-17-10-8-9-11-18(17)16-28-21(24(25,26)23(31)32-27)22(30)29(19-12-4-2-5-13-19)20-14-6-3-7-15-20/h2-15,21,28H,16H2,1H3. The minimum absolute atomic E-state index is 0.157. The highest BCUT2D eigenvalue weighted by atomic mass is 19.3. The summed E-state index contributed by atoms with van der Waals surface area (Å²) in [5.74, 6) is -8.07. The molecule has 166 valence electrons. The number of carbonyl (C=O) groups is 2. The van der Waals surface area contributed by atoms with Gasteiger partial charge < -0.3 is 0 Å². The molecule has 3 aromatic carbocycles. The van der Waals surface area contributed by atoms with Crippen molar-refractivity contribution >= 4 is 23.3 Å². The molecule has 0 saturated carbocycles. The number of rotatable bonds is 8. The number of aryl methyl sites for hydroxylation is 1. The Hall–Kier alpha value is -3.65. The summed E-state index contributed by atoms with van der Waals surface area (Å²) in [5.41, 5.74) is 2.04. The maximum Gasteiger partial charge on any atom is 0.419 e. The number of hydrogen-bond acceptors (Lipinski definition) is 4. The number of amides is 1. The van der Waals surface area contributed by atoms with Crippen LogP contribution in [-0.2, 0) is 21.1 Å². The van der Waals surface area contributed by atoms with E-state index in [0.29, 0.717) is 16.9 Å². The lowest BCUT2D eigenvalue weighted by molar-refractivity contribution is -0.215. The lowest BCUT2D eigenvalue weighted by Gasteiger charge is -2.31. The molecule has 8 heteroatoms. The monoisotopic (exact) mass is 442 g/mol. The van der Waals surface area contributed by atoms with Crippen LogP contribution < -0.4 is 10.2 Å². The van der Waals surface area contributed by atoms with Gasteiger partial charge in [0.1, 0.15) is 0 Å². The number of benzene rings is 3. The number of alkyl halides is 2. The van der Waals surface area contributed by atoms with Crippen molar-refractivity contribution in [2.45, 2.75) is 25.4 Å². The fraction of sp³-hybridized carbons (Fsp3) is 0.167. The summed E-state index contributed by atoms with van der Waals surface area (Å²) in [7, 11) is 0. The quantitative estimate of drug-likeness (QED) is 0.540. The first-order valence-corrected chi connectivity index (χ1v) is 9.79. The highest BCUT2D eigenvalue weighted by Crippen LogP contribution is 2.30. The molecule has 0 radical (unpaired) electrons. The maximum absolute atomic E-state index is 14.9. The second-order valence-electron chi connectivity index (χ2n) is 7.07. The molecule has 1 atom stereocenters. The lowest BCUT2D eigenvalue weighted by atomic mass is 10.0. The predicted molar refractivity (Wildman–Crippen MR) is 114 cm³/mol. The molecule has 0 saturated heterocycles. The average Bonchev–Trinajstić information content (AvgIpc) is 2.81. The van der Waals surface area contributed by atoms with Crippen LogP contribution in [0, 0.1) is 6.92 Å². The van der Waals surface area contributed by atoms with Crippen LogP contribution >= 0.6 is 0 Å². The summed E-state index contributed by atoms with van der Waals surface area (Å²) in [5, 5.41) is 2.44. The van der Waals surface area contributed by atoms with Gasteiger partial charge in [0.2, 0.25) is 0 Å². The lowest BCUT2D eigenvalue weighted by Crippen LogP contribution is -2.58. The van der Waals surface area contributed by atoms with Crippen LogP contribution in [0.3, 0.4) is 0 Å². The molecule has 0 aliphatic carbocycles. The molecule has 0 spiro atoms. The van der Waals surface area contributed by atoms with Gasteiger partial charge in [-0.05, 0) is 42.3 Å². The van der Waals surface area contributed by atoms with Gasteiger partial charge in [-0.1, -0.05) is 60.7 Å². The van der Waals surface area contributed by atoms with Crippen molar-refractivity contribution in [3.05, 3.63) is 96.1 Å². The van der Waals surface area contributed by atoms with E-state index in [2.05, 4.69) is 10.3 Å². The minimum Gasteiger partial charge on any atom is -0.296 e. The summed E-state index contributed by atoms with van der Waals surface area (Å²) in [6.45, 7) is 1.62. The topological polar surface area (TPSA) is 58.6 Å². The first kappa shape index (κ1) is 23.0. The Labute approximate surface area is 183 Å². The van der Waals surface area contributed by atoms with Crippen LogP contribution in [0.2, 0.25) is 0 Å². The van der Waals surface area contributed by atoms with Crippen LogP contribution in [0.5, 0.6) is 0 Å². The molecule has 3 rings (SSSR count). The molecular weight excluding hydrogens is 421 g/mol. The van der Waals surface area contributed by atoms with E-state index in [4.69, 9.17) is 0 Å². The first-order chi connectivity index (χ1) is 15.4. The van der Waals surface area contributed by atoms with Gasteiger partial charge in [0.15, 0.2) is 6.04 Å². The Morgan fingerprint density at radius 2 is 1.41 bits per heavy atom. The zero-order valence-electron chi connectivity index (χ0n) is 17.2. The second-order valence-corrected chi connectivity index (χ2v) is 7.07. The molecule has 1 unspecified atom stereocenters. The third-order valence-corrected chi connectivity index (χ3v) is 4.96. The number of nitrogens with zero attached hydrogens (tertiary/aromatic N) is 1. The number of carbonyl (C=O) groups excluding carboxylic acids is 2. The zero-order chi connectivity index (χ0) is 23.1. The van der Waals surface area contributed by atoms with Crippen LogP contribution in [0.15, 0.2) is 84.9 Å². The summed E-state index contributed by atoms with van der Waals surface area (Å²) in [4.78, 5) is 28.9. The van der Waals surface area contributed by atoms with E-state index in [1.807, 2.05) is 0 Å². The zero-order valence-corrected chi connectivity index (χ0v) is 17.2. The average molecular weight is 442 g/mol. The molecule has 1 N–H and O–H groups in total. The number of anilines is 2. The fourth-order valence-electron chi connectivity index (χ4n) is 3.25. The van der Waals surface area contributed by atoms with Crippen molar-refractivity contribution in [2.24, 2.45) is 0 Å². The van der Waals surface area contributed by atoms with E-state index < -0.39 is 23.8 Å². The number of nitrogens with one attached hydrogen (secondary N) is 1. The van der Waals surface area contributed by atoms with Gasteiger partial charge in [-0.25, -0.2) is 9.74 Å². The van der Waals surface area contributed by atoms with Gasteiger partial charge in [0, 0.05) is 22.4 Å². The highest BCUT2D eigenvalue weighted by Gasteiger charge is 2.55. The van der Waals surface area contributed by atoms with Gasteiger partial charge in [-0.2, -0.15) is 8.78 Å². The summed E-state index contributed by atoms with van der Waals surface area (Å²) in [6.07, 6.45) is 0. The molecule has 32 heavy (non-hydrogen) atoms. The van der Waals surface area contributed by atoms with E-state index in [1.54, 1.807) is 91.9 Å². The number of hydrogen-bond donors (Lipinski definition) is 1. The van der Waals surface area contributed by atoms with Crippen LogP contribution in [0.4, 0.5) is 24.7 Å². The SMILES string of the molecule is Cc1ccccc1CNC(C(=O)N(c1ccccc1)c1ccccc1)C(F)(F)C(=O)OF. The van der Waals surface area contributed by atoms with E-state index in [1.165, 1.54) is 0 Å². The van der Waals surface area contributed by atoms with Crippen molar-refractivity contribution in [3.63, 3.8) is 0 Å². The molecule has 3 aromatic rings. The van der Waals surface area contributed by atoms with Gasteiger partial charge in [0.25, 0.3) is 5.91 Å². The summed E-state index contributed by atoms with van der Waals surface area (Å²) < 4.78 is 42.3. The molecule has 0 fully saturated rings. The predicted octanol–water partition coefficient (Wildman–Crippen LogP) is 4.88. The Morgan fingerprint density at radius 3 is 1.91 bits per heavy atom. The van der Waals surface area contributed by atoms with Crippen LogP contribution in [-0.4, -0.2) is 23.8 Å². The minimum atomic E-state index is -4.48.